The first-order valence-electron chi connectivity index (χ1n) is 6.35. The fourth-order valence-electron chi connectivity index (χ4n) is 2.18. The van der Waals surface area contributed by atoms with Gasteiger partial charge in [0.15, 0.2) is 0 Å². The van der Waals surface area contributed by atoms with Crippen LogP contribution in [0.4, 0.5) is 4.39 Å². The minimum Gasteiger partial charge on any atom is -0.496 e. The molecular weight excluding hydrogens is 257 g/mol. The van der Waals surface area contributed by atoms with Crippen molar-refractivity contribution in [1.82, 2.24) is 5.32 Å². The van der Waals surface area contributed by atoms with E-state index in [4.69, 9.17) is 9.47 Å². The molecule has 0 amide bonds. The van der Waals surface area contributed by atoms with Gasteiger partial charge in [0.1, 0.15) is 17.3 Å². The molecule has 0 aromatic heterocycles. The Kier molecular flexibility index (Phi) is 4.58. The van der Waals surface area contributed by atoms with Gasteiger partial charge in [0.2, 0.25) is 0 Å². The van der Waals surface area contributed by atoms with E-state index in [1.54, 1.807) is 13.2 Å². The number of benzene rings is 2. The van der Waals surface area contributed by atoms with Gasteiger partial charge in [-0.15, -0.1) is 0 Å². The number of hydrogen-bond donors (Lipinski definition) is 1. The fraction of sp³-hybridized carbons (Fsp3) is 0.250. The molecule has 3 nitrogen and oxygen atoms in total. The van der Waals surface area contributed by atoms with E-state index in [9.17, 15) is 4.39 Å². The van der Waals surface area contributed by atoms with Gasteiger partial charge in [0.25, 0.3) is 0 Å². The maximum atomic E-state index is 13.3. The van der Waals surface area contributed by atoms with Crippen LogP contribution < -0.4 is 14.8 Å². The van der Waals surface area contributed by atoms with Gasteiger partial charge in [0, 0.05) is 23.7 Å². The number of halogens is 1. The summed E-state index contributed by atoms with van der Waals surface area (Å²) in [5.74, 6) is 1.03. The molecule has 0 unspecified atom stereocenters. The van der Waals surface area contributed by atoms with Crippen LogP contribution in [0, 0.1) is 5.82 Å². The van der Waals surface area contributed by atoms with E-state index in [2.05, 4.69) is 5.32 Å². The number of nitrogens with one attached hydrogen (secondary N) is 1. The van der Waals surface area contributed by atoms with Crippen molar-refractivity contribution in [1.29, 1.82) is 0 Å². The van der Waals surface area contributed by atoms with Gasteiger partial charge in [-0.05, 0) is 36.9 Å². The summed E-state index contributed by atoms with van der Waals surface area (Å²) in [7, 11) is 5.06. The summed E-state index contributed by atoms with van der Waals surface area (Å²) in [6.07, 6.45) is 0. The van der Waals surface area contributed by atoms with Gasteiger partial charge < -0.3 is 14.8 Å². The van der Waals surface area contributed by atoms with E-state index in [0.29, 0.717) is 12.3 Å². The monoisotopic (exact) mass is 275 g/mol. The van der Waals surface area contributed by atoms with Crippen LogP contribution in [0.5, 0.6) is 11.5 Å². The van der Waals surface area contributed by atoms with Gasteiger partial charge in [-0.1, -0.05) is 6.07 Å². The first-order valence-corrected chi connectivity index (χ1v) is 6.35. The molecule has 1 N–H and O–H groups in total. The zero-order chi connectivity index (χ0) is 14.5. The quantitative estimate of drug-likeness (QED) is 0.908. The minimum absolute atomic E-state index is 0.311. The summed E-state index contributed by atoms with van der Waals surface area (Å²) in [5, 5.41) is 3.10. The molecule has 0 atom stereocenters. The predicted octanol–water partition coefficient (Wildman–Crippen LogP) is 3.23. The number of rotatable bonds is 5. The van der Waals surface area contributed by atoms with Crippen molar-refractivity contribution >= 4 is 0 Å². The largest absolute Gasteiger partial charge is 0.496 e. The zero-order valence-corrected chi connectivity index (χ0v) is 11.9. The van der Waals surface area contributed by atoms with Crippen LogP contribution in [-0.2, 0) is 6.54 Å². The van der Waals surface area contributed by atoms with Crippen molar-refractivity contribution < 1.29 is 13.9 Å². The molecule has 2 aromatic carbocycles. The van der Waals surface area contributed by atoms with Crippen LogP contribution >= 0.6 is 0 Å². The summed E-state index contributed by atoms with van der Waals surface area (Å²) >= 11 is 0. The SMILES string of the molecule is CNCc1cc(-c2ccc(F)cc2OC)ccc1OC. The van der Waals surface area contributed by atoms with Crippen LogP contribution in [0.25, 0.3) is 11.1 Å². The van der Waals surface area contributed by atoms with E-state index in [0.717, 1.165) is 22.4 Å². The zero-order valence-electron chi connectivity index (χ0n) is 11.9. The molecule has 0 bridgehead atoms. The lowest BCUT2D eigenvalue weighted by Crippen LogP contribution is -2.06. The Morgan fingerprint density at radius 3 is 2.40 bits per heavy atom. The lowest BCUT2D eigenvalue weighted by atomic mass is 10.0. The van der Waals surface area contributed by atoms with E-state index < -0.39 is 0 Å². The minimum atomic E-state index is -0.311. The van der Waals surface area contributed by atoms with E-state index in [1.165, 1.54) is 19.2 Å². The third-order valence-corrected chi connectivity index (χ3v) is 3.12. The molecule has 20 heavy (non-hydrogen) atoms. The van der Waals surface area contributed by atoms with E-state index >= 15 is 0 Å². The molecule has 2 aromatic rings. The molecule has 0 aliphatic carbocycles. The molecule has 0 spiro atoms. The Bertz CT molecular complexity index is 599. The smallest absolute Gasteiger partial charge is 0.129 e. The highest BCUT2D eigenvalue weighted by Crippen LogP contribution is 2.33. The maximum absolute atomic E-state index is 13.3. The molecule has 0 saturated carbocycles. The first kappa shape index (κ1) is 14.3. The van der Waals surface area contributed by atoms with E-state index in [-0.39, 0.29) is 5.82 Å². The molecule has 106 valence electrons. The third-order valence-electron chi connectivity index (χ3n) is 3.12. The second-order valence-corrected chi connectivity index (χ2v) is 4.40. The Morgan fingerprint density at radius 2 is 1.75 bits per heavy atom. The first-order chi connectivity index (χ1) is 9.69. The summed E-state index contributed by atoms with van der Waals surface area (Å²) in [5.41, 5.74) is 2.86. The van der Waals surface area contributed by atoms with Crippen molar-refractivity contribution in [2.45, 2.75) is 6.54 Å². The highest BCUT2D eigenvalue weighted by Gasteiger charge is 2.10. The Hall–Kier alpha value is -2.07. The second-order valence-electron chi connectivity index (χ2n) is 4.40. The van der Waals surface area contributed by atoms with Gasteiger partial charge >= 0.3 is 0 Å². The lowest BCUT2D eigenvalue weighted by molar-refractivity contribution is 0.408. The van der Waals surface area contributed by atoms with Crippen molar-refractivity contribution in [3.05, 3.63) is 47.8 Å². The van der Waals surface area contributed by atoms with Crippen molar-refractivity contribution in [3.63, 3.8) is 0 Å². The predicted molar refractivity (Wildman–Crippen MR) is 77.7 cm³/mol. The molecule has 0 heterocycles. The molecule has 0 fully saturated rings. The Labute approximate surface area is 118 Å². The highest BCUT2D eigenvalue weighted by atomic mass is 19.1. The van der Waals surface area contributed by atoms with Gasteiger partial charge in [0.05, 0.1) is 14.2 Å². The molecular formula is C16H18FNO2. The summed E-state index contributed by atoms with van der Waals surface area (Å²) in [6, 6.07) is 10.4. The number of methoxy groups -OCH3 is 2. The Morgan fingerprint density at radius 1 is 1.00 bits per heavy atom. The van der Waals surface area contributed by atoms with Crippen molar-refractivity contribution in [2.24, 2.45) is 0 Å². The van der Waals surface area contributed by atoms with Gasteiger partial charge in [-0.3, -0.25) is 0 Å². The average Bonchev–Trinajstić information content (AvgIpc) is 2.47. The van der Waals surface area contributed by atoms with Gasteiger partial charge in [-0.2, -0.15) is 0 Å². The average molecular weight is 275 g/mol. The summed E-state index contributed by atoms with van der Waals surface area (Å²) in [4.78, 5) is 0. The molecule has 2 rings (SSSR count). The second kappa shape index (κ2) is 6.39. The third kappa shape index (κ3) is 2.91. The molecule has 0 saturated heterocycles. The molecule has 0 aliphatic rings. The number of ether oxygens (including phenoxy) is 2. The Balaban J connectivity index is 2.50. The van der Waals surface area contributed by atoms with Crippen molar-refractivity contribution in [2.75, 3.05) is 21.3 Å². The van der Waals surface area contributed by atoms with Crippen LogP contribution in [0.15, 0.2) is 36.4 Å². The van der Waals surface area contributed by atoms with Crippen LogP contribution in [0.2, 0.25) is 0 Å². The number of hydrogen-bond acceptors (Lipinski definition) is 3. The van der Waals surface area contributed by atoms with Crippen LogP contribution in [-0.4, -0.2) is 21.3 Å². The van der Waals surface area contributed by atoms with Gasteiger partial charge in [-0.25, -0.2) is 4.39 Å². The summed E-state index contributed by atoms with van der Waals surface area (Å²) < 4.78 is 23.8. The lowest BCUT2D eigenvalue weighted by Gasteiger charge is -2.13. The molecule has 4 heteroatoms. The molecule has 0 radical (unpaired) electrons. The normalized spacial score (nSPS) is 10.4. The van der Waals surface area contributed by atoms with Crippen LogP contribution in [0.3, 0.4) is 0 Å². The standard InChI is InChI=1S/C16H18FNO2/c1-18-10-12-8-11(4-7-15(12)19-2)14-6-5-13(17)9-16(14)20-3/h4-9,18H,10H2,1-3H3. The fourth-order valence-corrected chi connectivity index (χ4v) is 2.18. The van der Waals surface area contributed by atoms with E-state index in [1.807, 2.05) is 25.2 Å². The highest BCUT2D eigenvalue weighted by molar-refractivity contribution is 5.72. The maximum Gasteiger partial charge on any atom is 0.129 e. The topological polar surface area (TPSA) is 30.5 Å². The van der Waals surface area contributed by atoms with Crippen molar-refractivity contribution in [3.8, 4) is 22.6 Å². The van der Waals surface area contributed by atoms with Crippen LogP contribution in [0.1, 0.15) is 5.56 Å². The molecule has 0 aliphatic heterocycles. The summed E-state index contributed by atoms with van der Waals surface area (Å²) in [6.45, 7) is 0.695.